The number of hydrogen-bond acceptors (Lipinski definition) is 2. The maximum Gasteiger partial charge on any atom is 0.327 e. The van der Waals surface area contributed by atoms with E-state index < -0.39 is 0 Å². The molecule has 3 amide bonds. The Morgan fingerprint density at radius 2 is 1.60 bits per heavy atom. The van der Waals surface area contributed by atoms with Crippen LogP contribution in [0.4, 0.5) is 4.79 Å². The van der Waals surface area contributed by atoms with E-state index in [1.807, 2.05) is 0 Å². The second-order valence-electron chi connectivity index (χ2n) is 4.84. The van der Waals surface area contributed by atoms with Crippen LogP contribution in [0.2, 0.25) is 0 Å². The van der Waals surface area contributed by atoms with Crippen LogP contribution in [-0.4, -0.2) is 40.4 Å². The highest BCUT2D eigenvalue weighted by Gasteiger charge is 2.46. The molecule has 0 aromatic carbocycles. The smallest absolute Gasteiger partial charge is 0.312 e. The molecular weight excluding hydrogens is 192 g/mol. The molecule has 1 heterocycles. The first kappa shape index (κ1) is 9.19. The van der Waals surface area contributed by atoms with Gasteiger partial charge in [-0.15, -0.1) is 0 Å². The molecule has 0 aromatic rings. The van der Waals surface area contributed by atoms with Crippen LogP contribution in [-0.2, 0) is 4.79 Å². The van der Waals surface area contributed by atoms with E-state index in [-0.39, 0.29) is 18.0 Å². The molecule has 0 radical (unpaired) electrons. The van der Waals surface area contributed by atoms with Gasteiger partial charge in [-0.2, -0.15) is 0 Å². The van der Waals surface area contributed by atoms with Gasteiger partial charge in [0.2, 0.25) is 0 Å². The number of amides is 3. The molecule has 0 unspecified atom stereocenters. The van der Waals surface area contributed by atoms with Crippen molar-refractivity contribution >= 4 is 11.9 Å². The van der Waals surface area contributed by atoms with Gasteiger partial charge >= 0.3 is 6.03 Å². The van der Waals surface area contributed by atoms with Crippen LogP contribution in [0.15, 0.2) is 0 Å². The lowest BCUT2D eigenvalue weighted by Gasteiger charge is -2.22. The van der Waals surface area contributed by atoms with E-state index >= 15 is 0 Å². The number of carbonyl (C=O) groups is 2. The first-order valence-electron chi connectivity index (χ1n) is 5.90. The highest BCUT2D eigenvalue weighted by molar-refractivity contribution is 6.02. The number of hydrogen-bond donors (Lipinski definition) is 0. The SMILES string of the molecule is O=C1CN(C2CC2)C(=O)N1C1CCCC1. The van der Waals surface area contributed by atoms with Crippen molar-refractivity contribution in [1.82, 2.24) is 9.80 Å². The Morgan fingerprint density at radius 3 is 2.20 bits per heavy atom. The molecule has 3 rings (SSSR count). The summed E-state index contributed by atoms with van der Waals surface area (Å²) >= 11 is 0. The largest absolute Gasteiger partial charge is 0.327 e. The van der Waals surface area contributed by atoms with Crippen LogP contribution in [0.5, 0.6) is 0 Å². The third kappa shape index (κ3) is 1.43. The van der Waals surface area contributed by atoms with Gasteiger partial charge in [0.25, 0.3) is 5.91 Å². The van der Waals surface area contributed by atoms with Crippen LogP contribution < -0.4 is 0 Å². The molecule has 2 aliphatic carbocycles. The zero-order valence-corrected chi connectivity index (χ0v) is 8.82. The van der Waals surface area contributed by atoms with Crippen LogP contribution in [0.3, 0.4) is 0 Å². The van der Waals surface area contributed by atoms with Gasteiger partial charge in [0.15, 0.2) is 0 Å². The van der Waals surface area contributed by atoms with Gasteiger partial charge in [0.1, 0.15) is 6.54 Å². The van der Waals surface area contributed by atoms with Crippen molar-refractivity contribution in [3.63, 3.8) is 0 Å². The maximum absolute atomic E-state index is 12.0. The number of nitrogens with zero attached hydrogens (tertiary/aromatic N) is 2. The van der Waals surface area contributed by atoms with Crippen LogP contribution in [0.1, 0.15) is 38.5 Å². The predicted octanol–water partition coefficient (Wildman–Crippen LogP) is 1.36. The second kappa shape index (κ2) is 3.22. The normalized spacial score (nSPS) is 28.3. The van der Waals surface area contributed by atoms with E-state index in [1.165, 1.54) is 4.90 Å². The summed E-state index contributed by atoms with van der Waals surface area (Å²) in [5.41, 5.74) is 0. The first-order chi connectivity index (χ1) is 7.27. The molecule has 1 aliphatic heterocycles. The van der Waals surface area contributed by atoms with E-state index in [9.17, 15) is 9.59 Å². The Balaban J connectivity index is 1.76. The minimum atomic E-state index is -0.0191. The summed E-state index contributed by atoms with van der Waals surface area (Å²) in [6.07, 6.45) is 6.50. The summed E-state index contributed by atoms with van der Waals surface area (Å²) in [5, 5.41) is 0. The summed E-state index contributed by atoms with van der Waals surface area (Å²) in [7, 11) is 0. The maximum atomic E-state index is 12.0. The third-order valence-electron chi connectivity index (χ3n) is 3.70. The first-order valence-corrected chi connectivity index (χ1v) is 5.90. The molecule has 0 bridgehead atoms. The van der Waals surface area contributed by atoms with Gasteiger partial charge in [-0.25, -0.2) is 4.79 Å². The van der Waals surface area contributed by atoms with Gasteiger partial charge in [0, 0.05) is 12.1 Å². The lowest BCUT2D eigenvalue weighted by atomic mass is 10.2. The van der Waals surface area contributed by atoms with Crippen molar-refractivity contribution in [2.75, 3.05) is 6.54 Å². The van der Waals surface area contributed by atoms with Crippen LogP contribution in [0, 0.1) is 0 Å². The summed E-state index contributed by atoms with van der Waals surface area (Å²) < 4.78 is 0. The minimum Gasteiger partial charge on any atom is -0.312 e. The van der Waals surface area contributed by atoms with Crippen molar-refractivity contribution in [2.45, 2.75) is 50.6 Å². The molecule has 82 valence electrons. The van der Waals surface area contributed by atoms with Gasteiger partial charge < -0.3 is 4.90 Å². The van der Waals surface area contributed by atoms with Crippen molar-refractivity contribution in [1.29, 1.82) is 0 Å². The molecule has 4 nitrogen and oxygen atoms in total. The van der Waals surface area contributed by atoms with Gasteiger partial charge in [0.05, 0.1) is 0 Å². The Hall–Kier alpha value is -1.06. The molecule has 0 N–H and O–H groups in total. The molecular formula is C11H16N2O2. The summed E-state index contributed by atoms with van der Waals surface area (Å²) in [5.74, 6) is 0.0267. The standard InChI is InChI=1S/C11H16N2O2/c14-10-7-12(8-5-6-8)11(15)13(10)9-3-1-2-4-9/h8-9H,1-7H2. The monoisotopic (exact) mass is 208 g/mol. The molecule has 1 saturated heterocycles. The fourth-order valence-corrected chi connectivity index (χ4v) is 2.73. The van der Waals surface area contributed by atoms with Crippen LogP contribution in [0.25, 0.3) is 0 Å². The van der Waals surface area contributed by atoms with Gasteiger partial charge in [-0.05, 0) is 25.7 Å². The summed E-state index contributed by atoms with van der Waals surface area (Å²) in [4.78, 5) is 27.1. The molecule has 3 aliphatic rings. The number of carbonyl (C=O) groups excluding carboxylic acids is 2. The second-order valence-corrected chi connectivity index (χ2v) is 4.84. The van der Waals surface area contributed by atoms with E-state index in [1.54, 1.807) is 4.90 Å². The van der Waals surface area contributed by atoms with Crippen molar-refractivity contribution in [3.8, 4) is 0 Å². The Labute approximate surface area is 89.2 Å². The average molecular weight is 208 g/mol. The fraction of sp³-hybridized carbons (Fsp3) is 0.818. The van der Waals surface area contributed by atoms with Crippen LogP contribution >= 0.6 is 0 Å². The lowest BCUT2D eigenvalue weighted by Crippen LogP contribution is -2.40. The number of rotatable bonds is 2. The minimum absolute atomic E-state index is 0.0191. The summed E-state index contributed by atoms with van der Waals surface area (Å²) in [6, 6.07) is 0.552. The molecule has 0 aromatic heterocycles. The Kier molecular flexibility index (Phi) is 1.97. The van der Waals surface area contributed by atoms with E-state index in [2.05, 4.69) is 0 Å². The highest BCUT2D eigenvalue weighted by Crippen LogP contribution is 2.33. The van der Waals surface area contributed by atoms with Gasteiger partial charge in [-0.1, -0.05) is 12.8 Å². The Bertz CT molecular complexity index is 306. The zero-order valence-electron chi connectivity index (χ0n) is 8.82. The van der Waals surface area contributed by atoms with E-state index in [0.29, 0.717) is 12.6 Å². The van der Waals surface area contributed by atoms with Gasteiger partial charge in [-0.3, -0.25) is 9.69 Å². The third-order valence-corrected chi connectivity index (χ3v) is 3.70. The lowest BCUT2D eigenvalue weighted by molar-refractivity contribution is -0.126. The predicted molar refractivity (Wildman–Crippen MR) is 54.2 cm³/mol. The zero-order chi connectivity index (χ0) is 10.4. The molecule has 3 fully saturated rings. The van der Waals surface area contributed by atoms with Crippen molar-refractivity contribution in [3.05, 3.63) is 0 Å². The average Bonchev–Trinajstić information content (AvgIpc) is 2.83. The number of urea groups is 1. The van der Waals surface area contributed by atoms with Crippen molar-refractivity contribution in [2.24, 2.45) is 0 Å². The molecule has 4 heteroatoms. The quantitative estimate of drug-likeness (QED) is 0.643. The highest BCUT2D eigenvalue weighted by atomic mass is 16.2. The van der Waals surface area contributed by atoms with E-state index in [0.717, 1.165) is 38.5 Å². The number of imide groups is 1. The fourth-order valence-electron chi connectivity index (χ4n) is 2.73. The molecule has 2 saturated carbocycles. The molecule has 15 heavy (non-hydrogen) atoms. The summed E-state index contributed by atoms with van der Waals surface area (Å²) in [6.45, 7) is 0.333. The Morgan fingerprint density at radius 1 is 0.933 bits per heavy atom. The van der Waals surface area contributed by atoms with Crippen molar-refractivity contribution < 1.29 is 9.59 Å². The molecule has 0 atom stereocenters. The van der Waals surface area contributed by atoms with E-state index in [4.69, 9.17) is 0 Å². The topological polar surface area (TPSA) is 40.6 Å². The molecule has 0 spiro atoms.